The molecule has 152 valence electrons. The molecule has 1 atom stereocenters. The van der Waals surface area contributed by atoms with E-state index in [4.69, 9.17) is 9.47 Å². The van der Waals surface area contributed by atoms with Gasteiger partial charge in [-0.15, -0.1) is 0 Å². The molecular formula is C21H30N4O3. The first-order valence-corrected chi connectivity index (χ1v) is 9.86. The summed E-state index contributed by atoms with van der Waals surface area (Å²) in [6, 6.07) is 8.03. The zero-order chi connectivity index (χ0) is 20.1. The largest absolute Gasteiger partial charge is 0.497 e. The highest BCUT2D eigenvalue weighted by Gasteiger charge is 2.21. The lowest BCUT2D eigenvalue weighted by Crippen LogP contribution is -2.32. The van der Waals surface area contributed by atoms with Crippen LogP contribution >= 0.6 is 0 Å². The van der Waals surface area contributed by atoms with Crippen LogP contribution in [-0.4, -0.2) is 61.0 Å². The molecule has 1 unspecified atom stereocenters. The highest BCUT2D eigenvalue weighted by atomic mass is 16.5. The van der Waals surface area contributed by atoms with E-state index < -0.39 is 0 Å². The molecule has 1 aromatic carbocycles. The number of hydrogen-bond donors (Lipinski definition) is 1. The van der Waals surface area contributed by atoms with E-state index in [1.807, 2.05) is 35.9 Å². The predicted molar refractivity (Wildman–Crippen MR) is 109 cm³/mol. The van der Waals surface area contributed by atoms with E-state index in [1.165, 1.54) is 12.8 Å². The fraction of sp³-hybridized carbons (Fsp3) is 0.524. The van der Waals surface area contributed by atoms with E-state index >= 15 is 0 Å². The summed E-state index contributed by atoms with van der Waals surface area (Å²) in [6.07, 6.45) is 3.41. The highest BCUT2D eigenvalue weighted by molar-refractivity contribution is 5.93. The molecule has 2 aromatic rings. The van der Waals surface area contributed by atoms with E-state index in [1.54, 1.807) is 14.2 Å². The number of methoxy groups -OCH3 is 2. The van der Waals surface area contributed by atoms with Crippen molar-refractivity contribution in [2.75, 3.05) is 34.4 Å². The minimum Gasteiger partial charge on any atom is -0.497 e. The first kappa shape index (κ1) is 20.2. The van der Waals surface area contributed by atoms with Crippen LogP contribution in [0, 0.1) is 0 Å². The number of amides is 1. The van der Waals surface area contributed by atoms with Crippen molar-refractivity contribution in [3.8, 4) is 22.8 Å². The van der Waals surface area contributed by atoms with Crippen LogP contribution < -0.4 is 14.8 Å². The second kappa shape index (κ2) is 9.10. The van der Waals surface area contributed by atoms with Gasteiger partial charge in [0.25, 0.3) is 5.91 Å². The Balaban J connectivity index is 1.74. The Labute approximate surface area is 166 Å². The first-order chi connectivity index (χ1) is 13.6. The number of aromatic nitrogens is 2. The zero-order valence-electron chi connectivity index (χ0n) is 17.2. The minimum absolute atomic E-state index is 0.137. The standard InChI is InChI=1S/C21H30N4O3/c1-5-25-19(17-9-8-16(27-3)13-20(17)28-4)14-18(23-25)21(26)22-11-10-15-7-6-12-24(15)2/h8-9,13-15H,5-7,10-12H2,1-4H3,(H,22,26). The molecule has 28 heavy (non-hydrogen) atoms. The first-order valence-electron chi connectivity index (χ1n) is 9.86. The van der Waals surface area contributed by atoms with Gasteiger partial charge in [-0.25, -0.2) is 0 Å². The molecule has 0 spiro atoms. The number of likely N-dealkylation sites (tertiary alicyclic amines) is 1. The summed E-state index contributed by atoms with van der Waals surface area (Å²) in [5.74, 6) is 1.27. The number of benzene rings is 1. The molecule has 0 radical (unpaired) electrons. The monoisotopic (exact) mass is 386 g/mol. The maximum absolute atomic E-state index is 12.6. The molecule has 7 heteroatoms. The van der Waals surface area contributed by atoms with E-state index in [-0.39, 0.29) is 5.91 Å². The molecule has 0 aliphatic carbocycles. The number of nitrogens with zero attached hydrogens (tertiary/aromatic N) is 3. The zero-order valence-corrected chi connectivity index (χ0v) is 17.2. The van der Waals surface area contributed by atoms with Crippen molar-refractivity contribution >= 4 is 5.91 Å². The fourth-order valence-corrected chi connectivity index (χ4v) is 3.78. The van der Waals surface area contributed by atoms with Gasteiger partial charge in [0, 0.05) is 30.8 Å². The lowest BCUT2D eigenvalue weighted by atomic mass is 10.1. The van der Waals surface area contributed by atoms with Gasteiger partial charge in [0.05, 0.1) is 19.9 Å². The fourth-order valence-electron chi connectivity index (χ4n) is 3.78. The van der Waals surface area contributed by atoms with Crippen molar-refractivity contribution in [3.05, 3.63) is 30.0 Å². The predicted octanol–water partition coefficient (Wildman–Crippen LogP) is 2.80. The van der Waals surface area contributed by atoms with Crippen molar-refractivity contribution in [1.82, 2.24) is 20.0 Å². The molecule has 1 N–H and O–H groups in total. The average Bonchev–Trinajstić information content (AvgIpc) is 3.33. The number of aryl methyl sites for hydroxylation is 1. The van der Waals surface area contributed by atoms with Crippen molar-refractivity contribution in [2.45, 2.75) is 38.8 Å². The van der Waals surface area contributed by atoms with Gasteiger partial charge >= 0.3 is 0 Å². The normalized spacial score (nSPS) is 16.9. The van der Waals surface area contributed by atoms with E-state index in [0.29, 0.717) is 30.6 Å². The minimum atomic E-state index is -0.137. The van der Waals surface area contributed by atoms with Gasteiger partial charge in [0.15, 0.2) is 5.69 Å². The number of carbonyl (C=O) groups excluding carboxylic acids is 1. The van der Waals surface area contributed by atoms with Gasteiger partial charge in [0.1, 0.15) is 11.5 Å². The van der Waals surface area contributed by atoms with Crippen LogP contribution in [0.5, 0.6) is 11.5 Å². The Morgan fingerprint density at radius 2 is 2.11 bits per heavy atom. The van der Waals surface area contributed by atoms with Crippen molar-refractivity contribution in [3.63, 3.8) is 0 Å². The van der Waals surface area contributed by atoms with Gasteiger partial charge in [-0.2, -0.15) is 5.10 Å². The van der Waals surface area contributed by atoms with Gasteiger partial charge in [-0.1, -0.05) is 0 Å². The summed E-state index contributed by atoms with van der Waals surface area (Å²) in [4.78, 5) is 15.0. The van der Waals surface area contributed by atoms with Gasteiger partial charge in [-0.05, 0) is 58.0 Å². The average molecular weight is 386 g/mol. The summed E-state index contributed by atoms with van der Waals surface area (Å²) in [5.41, 5.74) is 2.15. The molecule has 1 saturated heterocycles. The third-order valence-corrected chi connectivity index (χ3v) is 5.43. The Morgan fingerprint density at radius 3 is 2.75 bits per heavy atom. The Kier molecular flexibility index (Phi) is 6.57. The third-order valence-electron chi connectivity index (χ3n) is 5.43. The molecule has 1 amide bonds. The molecule has 1 aliphatic rings. The summed E-state index contributed by atoms with van der Waals surface area (Å²) in [6.45, 7) is 4.47. The number of ether oxygens (including phenoxy) is 2. The molecular weight excluding hydrogens is 356 g/mol. The Morgan fingerprint density at radius 1 is 1.29 bits per heavy atom. The molecule has 0 saturated carbocycles. The second-order valence-electron chi connectivity index (χ2n) is 7.12. The number of hydrogen-bond acceptors (Lipinski definition) is 5. The second-order valence-corrected chi connectivity index (χ2v) is 7.12. The smallest absolute Gasteiger partial charge is 0.271 e. The molecule has 0 bridgehead atoms. The van der Waals surface area contributed by atoms with E-state index in [0.717, 1.165) is 30.0 Å². The van der Waals surface area contributed by atoms with Crippen LogP contribution in [-0.2, 0) is 6.54 Å². The molecule has 2 heterocycles. The number of rotatable bonds is 8. The maximum atomic E-state index is 12.6. The Hall–Kier alpha value is -2.54. The highest BCUT2D eigenvalue weighted by Crippen LogP contribution is 2.33. The SMILES string of the molecule is CCn1nc(C(=O)NCCC2CCCN2C)cc1-c1ccc(OC)cc1OC. The molecule has 1 fully saturated rings. The quantitative estimate of drug-likeness (QED) is 0.756. The molecule has 1 aliphatic heterocycles. The molecule has 7 nitrogen and oxygen atoms in total. The lowest BCUT2D eigenvalue weighted by molar-refractivity contribution is 0.0944. The van der Waals surface area contributed by atoms with Gasteiger partial charge < -0.3 is 19.7 Å². The van der Waals surface area contributed by atoms with Crippen LogP contribution in [0.1, 0.15) is 36.7 Å². The third kappa shape index (κ3) is 4.30. The van der Waals surface area contributed by atoms with Gasteiger partial charge in [0.2, 0.25) is 0 Å². The van der Waals surface area contributed by atoms with Crippen LogP contribution in [0.15, 0.2) is 24.3 Å². The number of nitrogens with one attached hydrogen (secondary N) is 1. The van der Waals surface area contributed by atoms with Crippen LogP contribution in [0.4, 0.5) is 0 Å². The molecule has 1 aromatic heterocycles. The topological polar surface area (TPSA) is 68.6 Å². The summed E-state index contributed by atoms with van der Waals surface area (Å²) in [7, 11) is 5.39. The van der Waals surface area contributed by atoms with Crippen molar-refractivity contribution in [2.24, 2.45) is 0 Å². The van der Waals surface area contributed by atoms with E-state index in [9.17, 15) is 4.79 Å². The van der Waals surface area contributed by atoms with Crippen molar-refractivity contribution in [1.29, 1.82) is 0 Å². The lowest BCUT2D eigenvalue weighted by Gasteiger charge is -2.19. The molecule has 3 rings (SSSR count). The summed E-state index contributed by atoms with van der Waals surface area (Å²) < 4.78 is 12.6. The summed E-state index contributed by atoms with van der Waals surface area (Å²) >= 11 is 0. The van der Waals surface area contributed by atoms with Crippen LogP contribution in [0.3, 0.4) is 0 Å². The summed E-state index contributed by atoms with van der Waals surface area (Å²) in [5, 5.41) is 7.51. The van der Waals surface area contributed by atoms with Crippen molar-refractivity contribution < 1.29 is 14.3 Å². The Bertz CT molecular complexity index is 818. The maximum Gasteiger partial charge on any atom is 0.271 e. The van der Waals surface area contributed by atoms with Gasteiger partial charge in [-0.3, -0.25) is 9.48 Å². The van der Waals surface area contributed by atoms with E-state index in [2.05, 4.69) is 22.4 Å². The number of carbonyl (C=O) groups is 1. The van der Waals surface area contributed by atoms with Crippen LogP contribution in [0.2, 0.25) is 0 Å². The van der Waals surface area contributed by atoms with Crippen LogP contribution in [0.25, 0.3) is 11.3 Å².